The lowest BCUT2D eigenvalue weighted by Crippen LogP contribution is -2.47. The number of ether oxygens (including phenoxy) is 1. The molecule has 0 bridgehead atoms. The van der Waals surface area contributed by atoms with E-state index in [1.807, 2.05) is 18.4 Å². The summed E-state index contributed by atoms with van der Waals surface area (Å²) in [6.07, 6.45) is 4.42. The molecule has 0 radical (unpaired) electrons. The minimum absolute atomic E-state index is 0.510. The van der Waals surface area contributed by atoms with Crippen LogP contribution in [0.4, 0.5) is 0 Å². The number of thiophene rings is 1. The fraction of sp³-hybridized carbons (Fsp3) is 0.714. The van der Waals surface area contributed by atoms with Crippen molar-refractivity contribution in [3.05, 3.63) is 21.9 Å². The zero-order valence-electron chi connectivity index (χ0n) is 11.0. The Balaban J connectivity index is 1.63. The van der Waals surface area contributed by atoms with Gasteiger partial charge in [-0.05, 0) is 38.4 Å². The molecule has 2 unspecified atom stereocenters. The Bertz CT molecular complexity index is 393. The Kier molecular flexibility index (Phi) is 3.99. The summed E-state index contributed by atoms with van der Waals surface area (Å²) in [6, 6.07) is 5.22. The van der Waals surface area contributed by atoms with Gasteiger partial charge in [-0.3, -0.25) is 4.90 Å². The van der Waals surface area contributed by atoms with E-state index >= 15 is 0 Å². The molecule has 1 aromatic rings. The average Bonchev–Trinajstić information content (AvgIpc) is 2.99. The quantitative estimate of drug-likeness (QED) is 0.904. The maximum atomic E-state index is 5.87. The summed E-state index contributed by atoms with van der Waals surface area (Å²) < 4.78 is 5.87. The predicted molar refractivity (Wildman–Crippen MR) is 74.9 cm³/mol. The van der Waals surface area contributed by atoms with Crippen molar-refractivity contribution >= 4 is 11.3 Å². The second-order valence-electron chi connectivity index (χ2n) is 5.28. The van der Waals surface area contributed by atoms with Gasteiger partial charge >= 0.3 is 0 Å². The van der Waals surface area contributed by atoms with Crippen LogP contribution in [0.3, 0.4) is 0 Å². The highest BCUT2D eigenvalue weighted by atomic mass is 32.1. The molecule has 2 aliphatic rings. The molecule has 1 N–H and O–H groups in total. The molecule has 100 valence electrons. The van der Waals surface area contributed by atoms with Gasteiger partial charge in [0.05, 0.1) is 12.7 Å². The maximum Gasteiger partial charge on any atom is 0.0731 e. The van der Waals surface area contributed by atoms with Crippen molar-refractivity contribution in [2.24, 2.45) is 0 Å². The summed E-state index contributed by atoms with van der Waals surface area (Å²) in [6.45, 7) is 4.11. The molecule has 18 heavy (non-hydrogen) atoms. The lowest BCUT2D eigenvalue weighted by molar-refractivity contribution is -0.0584. The van der Waals surface area contributed by atoms with Gasteiger partial charge in [0.25, 0.3) is 0 Å². The number of hydrogen-bond donors (Lipinski definition) is 1. The molecule has 1 saturated carbocycles. The highest BCUT2D eigenvalue weighted by molar-refractivity contribution is 7.11. The summed E-state index contributed by atoms with van der Waals surface area (Å²) in [5.74, 6) is 0. The van der Waals surface area contributed by atoms with E-state index in [4.69, 9.17) is 4.74 Å². The van der Waals surface area contributed by atoms with Crippen molar-refractivity contribution in [2.75, 3.05) is 20.2 Å². The summed E-state index contributed by atoms with van der Waals surface area (Å²) in [7, 11) is 2.00. The molecular formula is C14H22N2OS. The molecular weight excluding hydrogens is 244 g/mol. The fourth-order valence-electron chi connectivity index (χ4n) is 3.18. The van der Waals surface area contributed by atoms with Gasteiger partial charge in [0.15, 0.2) is 0 Å². The van der Waals surface area contributed by atoms with Gasteiger partial charge in [0.2, 0.25) is 0 Å². The van der Waals surface area contributed by atoms with Gasteiger partial charge in [0.1, 0.15) is 0 Å². The van der Waals surface area contributed by atoms with E-state index in [1.165, 1.54) is 29.0 Å². The van der Waals surface area contributed by atoms with Crippen LogP contribution in [-0.4, -0.2) is 37.2 Å². The van der Waals surface area contributed by atoms with Crippen molar-refractivity contribution in [3.63, 3.8) is 0 Å². The van der Waals surface area contributed by atoms with E-state index in [-0.39, 0.29) is 0 Å². The fourth-order valence-corrected chi connectivity index (χ4v) is 4.23. The summed E-state index contributed by atoms with van der Waals surface area (Å²) in [4.78, 5) is 5.56. The SMILES string of the molecule is CNCc1ccc(CN2CCOC3CCCC32)s1. The molecule has 1 saturated heterocycles. The highest BCUT2D eigenvalue weighted by Crippen LogP contribution is 2.31. The predicted octanol–water partition coefficient (Wildman–Crippen LogP) is 2.22. The van der Waals surface area contributed by atoms with E-state index in [0.29, 0.717) is 12.1 Å². The van der Waals surface area contributed by atoms with Gasteiger partial charge in [-0.15, -0.1) is 11.3 Å². The molecule has 0 amide bonds. The Labute approximate surface area is 113 Å². The third-order valence-corrected chi connectivity index (χ3v) is 5.09. The molecule has 0 spiro atoms. The Morgan fingerprint density at radius 3 is 3.17 bits per heavy atom. The normalized spacial score (nSPS) is 28.5. The zero-order chi connectivity index (χ0) is 12.4. The monoisotopic (exact) mass is 266 g/mol. The zero-order valence-corrected chi connectivity index (χ0v) is 11.8. The van der Waals surface area contributed by atoms with Gasteiger partial charge in [-0.25, -0.2) is 0 Å². The van der Waals surface area contributed by atoms with E-state index < -0.39 is 0 Å². The van der Waals surface area contributed by atoms with Crippen LogP contribution in [-0.2, 0) is 17.8 Å². The molecule has 2 fully saturated rings. The minimum Gasteiger partial charge on any atom is -0.375 e. The topological polar surface area (TPSA) is 24.5 Å². The van der Waals surface area contributed by atoms with E-state index in [1.54, 1.807) is 0 Å². The Morgan fingerprint density at radius 1 is 1.39 bits per heavy atom. The molecule has 1 aliphatic carbocycles. The average molecular weight is 266 g/mol. The van der Waals surface area contributed by atoms with Gasteiger partial charge in [-0.2, -0.15) is 0 Å². The van der Waals surface area contributed by atoms with E-state index in [9.17, 15) is 0 Å². The first-order valence-electron chi connectivity index (χ1n) is 6.94. The van der Waals surface area contributed by atoms with Crippen LogP contribution in [0.5, 0.6) is 0 Å². The van der Waals surface area contributed by atoms with Crippen LogP contribution in [0, 0.1) is 0 Å². The van der Waals surface area contributed by atoms with Crippen LogP contribution in [0.25, 0.3) is 0 Å². The number of morpholine rings is 1. The number of rotatable bonds is 4. The number of fused-ring (bicyclic) bond motifs is 1. The third kappa shape index (κ3) is 2.62. The second-order valence-corrected chi connectivity index (χ2v) is 6.53. The van der Waals surface area contributed by atoms with Gasteiger partial charge in [0, 0.05) is 35.4 Å². The third-order valence-electron chi connectivity index (χ3n) is 4.02. The molecule has 2 atom stereocenters. The van der Waals surface area contributed by atoms with Crippen molar-refractivity contribution in [2.45, 2.75) is 44.5 Å². The minimum atomic E-state index is 0.510. The standard InChI is InChI=1S/C14H22N2OS/c1-15-9-11-5-6-12(18-11)10-16-7-8-17-14-4-2-3-13(14)16/h5-6,13-15H,2-4,7-10H2,1H3. The first-order valence-corrected chi connectivity index (χ1v) is 7.76. The largest absolute Gasteiger partial charge is 0.375 e. The molecule has 3 rings (SSSR count). The molecule has 1 aromatic heterocycles. The highest BCUT2D eigenvalue weighted by Gasteiger charge is 2.35. The number of nitrogens with zero attached hydrogens (tertiary/aromatic N) is 1. The van der Waals surface area contributed by atoms with Crippen LogP contribution >= 0.6 is 11.3 Å². The first kappa shape index (κ1) is 12.6. The van der Waals surface area contributed by atoms with Crippen LogP contribution in [0.1, 0.15) is 29.0 Å². The summed E-state index contributed by atoms with van der Waals surface area (Å²) in [5, 5.41) is 3.21. The lowest BCUT2D eigenvalue weighted by atomic mass is 10.1. The van der Waals surface area contributed by atoms with Crippen LogP contribution in [0.15, 0.2) is 12.1 Å². The second kappa shape index (κ2) is 5.70. The van der Waals surface area contributed by atoms with E-state index in [2.05, 4.69) is 22.3 Å². The number of nitrogens with one attached hydrogen (secondary N) is 1. The Morgan fingerprint density at radius 2 is 2.28 bits per heavy atom. The molecule has 1 aliphatic heterocycles. The van der Waals surface area contributed by atoms with Crippen LogP contribution in [0.2, 0.25) is 0 Å². The Hall–Kier alpha value is -0.420. The molecule has 4 heteroatoms. The van der Waals surface area contributed by atoms with Crippen molar-refractivity contribution in [1.29, 1.82) is 0 Å². The molecule has 0 aromatic carbocycles. The maximum absolute atomic E-state index is 5.87. The first-order chi connectivity index (χ1) is 8.86. The van der Waals surface area contributed by atoms with Crippen molar-refractivity contribution in [1.82, 2.24) is 10.2 Å². The van der Waals surface area contributed by atoms with Crippen molar-refractivity contribution < 1.29 is 4.74 Å². The molecule has 3 nitrogen and oxygen atoms in total. The smallest absolute Gasteiger partial charge is 0.0731 e. The summed E-state index contributed by atoms with van der Waals surface area (Å²) in [5.41, 5.74) is 0. The summed E-state index contributed by atoms with van der Waals surface area (Å²) >= 11 is 1.94. The van der Waals surface area contributed by atoms with Gasteiger partial charge in [-0.1, -0.05) is 0 Å². The van der Waals surface area contributed by atoms with Gasteiger partial charge < -0.3 is 10.1 Å². The number of hydrogen-bond acceptors (Lipinski definition) is 4. The van der Waals surface area contributed by atoms with Crippen LogP contribution < -0.4 is 5.32 Å². The van der Waals surface area contributed by atoms with Crippen molar-refractivity contribution in [3.8, 4) is 0 Å². The van der Waals surface area contributed by atoms with E-state index in [0.717, 1.165) is 26.2 Å². The lowest BCUT2D eigenvalue weighted by Gasteiger charge is -2.37. The molecule has 2 heterocycles.